The summed E-state index contributed by atoms with van der Waals surface area (Å²) in [5.41, 5.74) is 6.09. The summed E-state index contributed by atoms with van der Waals surface area (Å²) >= 11 is 0. The van der Waals surface area contributed by atoms with Gasteiger partial charge in [-0.15, -0.1) is 0 Å². The van der Waals surface area contributed by atoms with Crippen molar-refractivity contribution in [2.24, 2.45) is 7.05 Å². The monoisotopic (exact) mass is 398 g/mol. The average molecular weight is 398 g/mol. The smallest absolute Gasteiger partial charge is 0.254 e. The Kier molecular flexibility index (Phi) is 3.78. The molecule has 1 amide bonds. The number of nitrogens with zero attached hydrogens (tertiary/aromatic N) is 6. The fourth-order valence-electron chi connectivity index (χ4n) is 4.52. The molecule has 30 heavy (non-hydrogen) atoms. The molecule has 6 rings (SSSR count). The van der Waals surface area contributed by atoms with E-state index in [0.717, 1.165) is 34.4 Å². The molecule has 150 valence electrons. The Morgan fingerprint density at radius 3 is 2.90 bits per heavy atom. The number of hydrogen-bond acceptors (Lipinski definition) is 4. The first-order chi connectivity index (χ1) is 14.7. The highest BCUT2D eigenvalue weighted by molar-refractivity contribution is 5.98. The maximum atomic E-state index is 13.2. The SMILES string of the molecule is Cn1nc2c(c1-c1ccnn1C1CC1)CCN(C(=O)c1ccc3ncccc3c1)C2. The van der Waals surface area contributed by atoms with E-state index in [9.17, 15) is 4.79 Å². The molecule has 1 fully saturated rings. The van der Waals surface area contributed by atoms with Crippen LogP contribution in [-0.2, 0) is 20.0 Å². The van der Waals surface area contributed by atoms with E-state index >= 15 is 0 Å². The van der Waals surface area contributed by atoms with Gasteiger partial charge in [-0.2, -0.15) is 10.2 Å². The summed E-state index contributed by atoms with van der Waals surface area (Å²) in [4.78, 5) is 19.4. The number of aryl methyl sites for hydroxylation is 1. The van der Waals surface area contributed by atoms with Gasteiger partial charge in [0, 0.05) is 42.5 Å². The Labute approximate surface area is 173 Å². The highest BCUT2D eigenvalue weighted by atomic mass is 16.2. The maximum Gasteiger partial charge on any atom is 0.254 e. The van der Waals surface area contributed by atoms with Crippen LogP contribution < -0.4 is 0 Å². The third-order valence-corrected chi connectivity index (χ3v) is 6.14. The summed E-state index contributed by atoms with van der Waals surface area (Å²) in [6, 6.07) is 12.2. The molecule has 4 aromatic rings. The van der Waals surface area contributed by atoms with Crippen LogP contribution in [-0.4, -0.2) is 41.9 Å². The number of rotatable bonds is 3. The molecule has 0 N–H and O–H groups in total. The van der Waals surface area contributed by atoms with Crippen molar-refractivity contribution in [3.63, 3.8) is 0 Å². The van der Waals surface area contributed by atoms with Crippen LogP contribution in [0.4, 0.5) is 0 Å². The fraction of sp³-hybridized carbons (Fsp3) is 0.304. The van der Waals surface area contributed by atoms with Crippen molar-refractivity contribution in [1.29, 1.82) is 0 Å². The summed E-state index contributed by atoms with van der Waals surface area (Å²) in [7, 11) is 1.99. The summed E-state index contributed by atoms with van der Waals surface area (Å²) in [5, 5.41) is 10.3. The van der Waals surface area contributed by atoms with E-state index in [4.69, 9.17) is 5.10 Å². The van der Waals surface area contributed by atoms with Crippen LogP contribution in [0.15, 0.2) is 48.8 Å². The van der Waals surface area contributed by atoms with Gasteiger partial charge in [-0.05, 0) is 49.6 Å². The zero-order valence-corrected chi connectivity index (χ0v) is 16.8. The minimum Gasteiger partial charge on any atom is -0.332 e. The highest BCUT2D eigenvalue weighted by Crippen LogP contribution is 2.39. The molecule has 0 atom stereocenters. The molecule has 0 spiro atoms. The summed E-state index contributed by atoms with van der Waals surface area (Å²) < 4.78 is 4.09. The Balaban J connectivity index is 1.31. The second-order valence-electron chi connectivity index (χ2n) is 8.18. The lowest BCUT2D eigenvalue weighted by atomic mass is 10.0. The van der Waals surface area contributed by atoms with Crippen LogP contribution in [0, 0.1) is 0 Å². The molecule has 7 heteroatoms. The second-order valence-corrected chi connectivity index (χ2v) is 8.18. The number of hydrogen-bond donors (Lipinski definition) is 0. The number of fused-ring (bicyclic) bond motifs is 2. The number of amides is 1. The van der Waals surface area contributed by atoms with Crippen molar-refractivity contribution in [3.8, 4) is 11.4 Å². The molecule has 4 heterocycles. The minimum atomic E-state index is 0.0432. The number of pyridine rings is 1. The second kappa shape index (κ2) is 6.52. The van der Waals surface area contributed by atoms with Gasteiger partial charge in [0.2, 0.25) is 0 Å². The van der Waals surface area contributed by atoms with Crippen molar-refractivity contribution in [3.05, 3.63) is 65.6 Å². The maximum absolute atomic E-state index is 13.2. The number of aromatic nitrogens is 5. The van der Waals surface area contributed by atoms with Gasteiger partial charge in [0.05, 0.1) is 35.2 Å². The number of benzene rings is 1. The van der Waals surface area contributed by atoms with Gasteiger partial charge < -0.3 is 4.90 Å². The normalized spacial score (nSPS) is 16.1. The first-order valence-electron chi connectivity index (χ1n) is 10.4. The predicted octanol–water partition coefficient (Wildman–Crippen LogP) is 3.37. The van der Waals surface area contributed by atoms with Gasteiger partial charge in [-0.3, -0.25) is 19.1 Å². The van der Waals surface area contributed by atoms with E-state index in [1.807, 2.05) is 53.2 Å². The molecule has 1 aliphatic heterocycles. The lowest BCUT2D eigenvalue weighted by Gasteiger charge is -2.27. The van der Waals surface area contributed by atoms with Crippen molar-refractivity contribution in [2.75, 3.05) is 6.54 Å². The Morgan fingerprint density at radius 1 is 1.13 bits per heavy atom. The van der Waals surface area contributed by atoms with Crippen molar-refractivity contribution in [1.82, 2.24) is 29.4 Å². The third-order valence-electron chi connectivity index (χ3n) is 6.14. The number of carbonyl (C=O) groups is 1. The van der Waals surface area contributed by atoms with Crippen LogP contribution in [0.5, 0.6) is 0 Å². The van der Waals surface area contributed by atoms with E-state index in [1.165, 1.54) is 18.4 Å². The molecule has 0 unspecified atom stereocenters. The van der Waals surface area contributed by atoms with E-state index < -0.39 is 0 Å². The fourth-order valence-corrected chi connectivity index (χ4v) is 4.52. The van der Waals surface area contributed by atoms with Crippen molar-refractivity contribution < 1.29 is 4.79 Å². The zero-order chi connectivity index (χ0) is 20.2. The molecule has 0 saturated heterocycles. The Hall–Kier alpha value is -3.48. The van der Waals surface area contributed by atoms with Gasteiger partial charge >= 0.3 is 0 Å². The van der Waals surface area contributed by atoms with Crippen LogP contribution in [0.3, 0.4) is 0 Å². The standard InChI is InChI=1S/C23H22N6O/c1-27-22(21-8-11-25-29(21)17-5-6-17)18-9-12-28(14-20(18)26-27)23(30)16-4-7-19-15(13-16)3-2-10-24-19/h2-4,7-8,10-11,13,17H,5-6,9,12,14H2,1H3. The van der Waals surface area contributed by atoms with Crippen LogP contribution in [0.2, 0.25) is 0 Å². The Morgan fingerprint density at radius 2 is 2.03 bits per heavy atom. The number of carbonyl (C=O) groups excluding carboxylic acids is 1. The summed E-state index contributed by atoms with van der Waals surface area (Å²) in [5.74, 6) is 0.0432. The third kappa shape index (κ3) is 2.73. The van der Waals surface area contributed by atoms with Gasteiger partial charge in [0.15, 0.2) is 0 Å². The Bertz CT molecular complexity index is 1280. The lowest BCUT2D eigenvalue weighted by molar-refractivity contribution is 0.0732. The van der Waals surface area contributed by atoms with Crippen molar-refractivity contribution in [2.45, 2.75) is 31.8 Å². The topological polar surface area (TPSA) is 68.8 Å². The first kappa shape index (κ1) is 17.4. The zero-order valence-electron chi connectivity index (χ0n) is 16.8. The van der Waals surface area contributed by atoms with E-state index in [2.05, 4.69) is 20.8 Å². The van der Waals surface area contributed by atoms with Crippen LogP contribution >= 0.6 is 0 Å². The molecule has 1 aromatic carbocycles. The minimum absolute atomic E-state index is 0.0432. The van der Waals surface area contributed by atoms with Gasteiger partial charge in [-0.1, -0.05) is 6.07 Å². The molecular formula is C23H22N6O. The largest absolute Gasteiger partial charge is 0.332 e. The van der Waals surface area contributed by atoms with E-state index in [0.29, 0.717) is 24.7 Å². The highest BCUT2D eigenvalue weighted by Gasteiger charge is 2.32. The van der Waals surface area contributed by atoms with Gasteiger partial charge in [0.25, 0.3) is 5.91 Å². The lowest BCUT2D eigenvalue weighted by Crippen LogP contribution is -2.36. The van der Waals surface area contributed by atoms with Gasteiger partial charge in [-0.25, -0.2) is 0 Å². The molecule has 3 aromatic heterocycles. The van der Waals surface area contributed by atoms with Crippen molar-refractivity contribution >= 4 is 16.8 Å². The average Bonchev–Trinajstić information content (AvgIpc) is 3.41. The van der Waals surface area contributed by atoms with Gasteiger partial charge in [0.1, 0.15) is 0 Å². The summed E-state index contributed by atoms with van der Waals surface area (Å²) in [6.07, 6.45) is 6.83. The quantitative estimate of drug-likeness (QED) is 0.531. The molecular weight excluding hydrogens is 376 g/mol. The molecule has 2 aliphatic rings. The molecule has 1 saturated carbocycles. The predicted molar refractivity (Wildman–Crippen MR) is 113 cm³/mol. The molecule has 0 bridgehead atoms. The van der Waals surface area contributed by atoms with E-state index in [1.54, 1.807) is 6.20 Å². The van der Waals surface area contributed by atoms with Crippen LogP contribution in [0.25, 0.3) is 22.3 Å². The molecule has 7 nitrogen and oxygen atoms in total. The molecule has 1 aliphatic carbocycles. The van der Waals surface area contributed by atoms with Crippen LogP contribution in [0.1, 0.15) is 40.5 Å². The summed E-state index contributed by atoms with van der Waals surface area (Å²) in [6.45, 7) is 1.22. The van der Waals surface area contributed by atoms with E-state index in [-0.39, 0.29) is 5.91 Å². The first-order valence-corrected chi connectivity index (χ1v) is 10.4. The molecule has 0 radical (unpaired) electrons.